The summed E-state index contributed by atoms with van der Waals surface area (Å²) in [6.07, 6.45) is 12.7. The Bertz CT molecular complexity index is 1770. The minimum atomic E-state index is -1.03. The van der Waals surface area contributed by atoms with Crippen molar-refractivity contribution < 1.29 is 9.47 Å². The van der Waals surface area contributed by atoms with E-state index in [1.807, 2.05) is 67.6 Å². The summed E-state index contributed by atoms with van der Waals surface area (Å²) in [5.41, 5.74) is 2.57. The minimum Gasteiger partial charge on any atom is -0.490 e. The summed E-state index contributed by atoms with van der Waals surface area (Å²) in [6, 6.07) is 23.9. The first-order valence-electron chi connectivity index (χ1n) is 16.2. The first-order chi connectivity index (χ1) is 22.8. The fourth-order valence-corrected chi connectivity index (χ4v) is 6.25. The average molecular weight is 643 g/mol. The highest BCUT2D eigenvalue weighted by atomic mass is 32.1. The summed E-state index contributed by atoms with van der Waals surface area (Å²) < 4.78 is 12.5. The van der Waals surface area contributed by atoms with Crippen molar-refractivity contribution in [3.05, 3.63) is 122 Å². The maximum Gasteiger partial charge on any atom is 0.237 e. The van der Waals surface area contributed by atoms with Gasteiger partial charge in [0.25, 0.3) is 0 Å². The molecular weight excluding hydrogens is 601 g/mol. The van der Waals surface area contributed by atoms with Crippen LogP contribution in [0.3, 0.4) is 0 Å². The van der Waals surface area contributed by atoms with Crippen LogP contribution >= 0.6 is 11.3 Å². The van der Waals surface area contributed by atoms with Crippen molar-refractivity contribution in [3.63, 3.8) is 0 Å². The third-order valence-corrected chi connectivity index (χ3v) is 8.97. The second kappa shape index (κ2) is 16.5. The maximum absolute atomic E-state index is 9.56. The molecule has 6 nitrogen and oxygen atoms in total. The Morgan fingerprint density at radius 3 is 2.17 bits per heavy atom. The maximum atomic E-state index is 9.56. The molecule has 0 bridgehead atoms. The number of thiophene rings is 1. The standard InChI is InChI=1S/C40H42N4O2S/c1-7-9-24-44(25-10-8-2)33-18-16-30(37(26-33)45-29(3)4)17-19-34-20-21-35(47-34)22-23-36-38(43-6)39(31(27-41)28-42)46-40(36,5)32-14-12-11-13-15-32/h11-23,26,29H,7-10,24-25H2,1-5H3/b19-17+,23-22+. The quantitative estimate of drug-likeness (QED) is 0.129. The molecular formula is C40H42N4O2S. The molecule has 47 heavy (non-hydrogen) atoms. The van der Waals surface area contributed by atoms with Gasteiger partial charge >= 0.3 is 0 Å². The first-order valence-corrected chi connectivity index (χ1v) is 17.0. The second-order valence-electron chi connectivity index (χ2n) is 11.8. The van der Waals surface area contributed by atoms with Crippen molar-refractivity contribution in [2.75, 3.05) is 18.0 Å². The minimum absolute atomic E-state index is 0.0232. The van der Waals surface area contributed by atoms with E-state index < -0.39 is 5.60 Å². The number of nitriles is 2. The van der Waals surface area contributed by atoms with E-state index in [9.17, 15) is 10.5 Å². The van der Waals surface area contributed by atoms with Gasteiger partial charge in [-0.3, -0.25) is 0 Å². The Hall–Kier alpha value is -5.03. The smallest absolute Gasteiger partial charge is 0.237 e. The van der Waals surface area contributed by atoms with Gasteiger partial charge in [-0.1, -0.05) is 63.1 Å². The molecule has 0 aliphatic carbocycles. The van der Waals surface area contributed by atoms with Gasteiger partial charge in [-0.05, 0) is 81.7 Å². The van der Waals surface area contributed by atoms with E-state index >= 15 is 0 Å². The van der Waals surface area contributed by atoms with Crippen molar-refractivity contribution in [1.82, 2.24) is 0 Å². The molecule has 4 rings (SSSR count). The molecule has 0 saturated carbocycles. The zero-order valence-electron chi connectivity index (χ0n) is 27.9. The third-order valence-electron chi connectivity index (χ3n) is 7.95. The van der Waals surface area contributed by atoms with Gasteiger partial charge in [-0.2, -0.15) is 10.5 Å². The molecule has 1 atom stereocenters. The van der Waals surface area contributed by atoms with E-state index in [4.69, 9.17) is 16.0 Å². The van der Waals surface area contributed by atoms with Crippen LogP contribution in [0.1, 0.15) is 81.2 Å². The first kappa shape index (κ1) is 34.8. The van der Waals surface area contributed by atoms with Crippen molar-refractivity contribution in [2.45, 2.75) is 72.0 Å². The lowest BCUT2D eigenvalue weighted by Gasteiger charge is -2.28. The van der Waals surface area contributed by atoms with Gasteiger partial charge in [-0.25, -0.2) is 4.85 Å². The van der Waals surface area contributed by atoms with Crippen LogP contribution in [-0.4, -0.2) is 19.2 Å². The van der Waals surface area contributed by atoms with Crippen LogP contribution in [0.25, 0.3) is 23.1 Å². The van der Waals surface area contributed by atoms with E-state index in [0.29, 0.717) is 5.57 Å². The molecule has 0 radical (unpaired) electrons. The molecule has 1 aliphatic heterocycles. The van der Waals surface area contributed by atoms with E-state index in [1.165, 1.54) is 5.69 Å². The Balaban J connectivity index is 1.64. The number of anilines is 1. The third kappa shape index (κ3) is 8.42. The number of rotatable bonds is 14. The topological polar surface area (TPSA) is 73.6 Å². The number of benzene rings is 2. The number of ether oxygens (including phenoxy) is 2. The van der Waals surface area contributed by atoms with Gasteiger partial charge in [0, 0.05) is 45.7 Å². The molecule has 3 aromatic rings. The SMILES string of the molecule is [C-]#[N+]C1=C(/C=C/c2ccc(/C=C/c3ccc(N(CCCC)CCCC)cc3OC(C)C)s2)C(C)(c2ccccc2)OC1=C(C#N)C#N. The van der Waals surface area contributed by atoms with Crippen LogP contribution < -0.4 is 9.64 Å². The Kier molecular flexibility index (Phi) is 12.2. The van der Waals surface area contributed by atoms with Gasteiger partial charge in [0.1, 0.15) is 23.5 Å². The summed E-state index contributed by atoms with van der Waals surface area (Å²) in [7, 11) is 0. The molecule has 2 heterocycles. The van der Waals surface area contributed by atoms with Crippen LogP contribution in [0.2, 0.25) is 0 Å². The second-order valence-corrected chi connectivity index (χ2v) is 12.9. The van der Waals surface area contributed by atoms with E-state index in [1.54, 1.807) is 11.3 Å². The van der Waals surface area contributed by atoms with Crippen LogP contribution in [0.5, 0.6) is 5.75 Å². The summed E-state index contributed by atoms with van der Waals surface area (Å²) in [5.74, 6) is 0.900. The molecule has 0 spiro atoms. The van der Waals surface area contributed by atoms with Crippen molar-refractivity contribution in [3.8, 4) is 17.9 Å². The average Bonchev–Trinajstić information content (AvgIpc) is 3.65. The summed E-state index contributed by atoms with van der Waals surface area (Å²) in [5, 5.41) is 19.1. The number of unbranched alkanes of at least 4 members (excludes halogenated alkanes) is 2. The molecule has 1 aromatic heterocycles. The van der Waals surface area contributed by atoms with Crippen LogP contribution in [0.15, 0.2) is 89.3 Å². The van der Waals surface area contributed by atoms with Gasteiger partial charge < -0.3 is 14.4 Å². The van der Waals surface area contributed by atoms with Crippen LogP contribution in [0.4, 0.5) is 5.69 Å². The highest BCUT2D eigenvalue weighted by Crippen LogP contribution is 2.47. The molecule has 0 saturated heterocycles. The molecule has 2 aromatic carbocycles. The van der Waals surface area contributed by atoms with E-state index in [0.717, 1.165) is 65.4 Å². The monoisotopic (exact) mass is 642 g/mol. The van der Waals surface area contributed by atoms with Gasteiger partial charge in [0.2, 0.25) is 5.70 Å². The van der Waals surface area contributed by atoms with Crippen LogP contribution in [-0.2, 0) is 10.3 Å². The van der Waals surface area contributed by atoms with E-state index in [2.05, 4.69) is 73.9 Å². The molecule has 0 N–H and O–H groups in total. The van der Waals surface area contributed by atoms with Crippen molar-refractivity contribution >= 4 is 35.3 Å². The Morgan fingerprint density at radius 2 is 1.60 bits per heavy atom. The number of allylic oxidation sites excluding steroid dienone is 1. The summed E-state index contributed by atoms with van der Waals surface area (Å²) >= 11 is 1.62. The summed E-state index contributed by atoms with van der Waals surface area (Å²) in [6.45, 7) is 20.4. The molecule has 0 fully saturated rings. The fraction of sp³-hybridized carbons (Fsp3) is 0.325. The van der Waals surface area contributed by atoms with Gasteiger partial charge in [0.15, 0.2) is 11.3 Å². The predicted octanol–water partition coefficient (Wildman–Crippen LogP) is 10.5. The molecule has 0 amide bonds. The van der Waals surface area contributed by atoms with E-state index in [-0.39, 0.29) is 23.1 Å². The molecule has 1 aliphatic rings. The van der Waals surface area contributed by atoms with Gasteiger partial charge in [0.05, 0.1) is 12.7 Å². The van der Waals surface area contributed by atoms with Gasteiger partial charge in [-0.15, -0.1) is 11.3 Å². The Labute approximate surface area is 284 Å². The Morgan fingerprint density at radius 1 is 0.957 bits per heavy atom. The molecule has 7 heteroatoms. The predicted molar refractivity (Wildman–Crippen MR) is 193 cm³/mol. The van der Waals surface area contributed by atoms with Crippen molar-refractivity contribution in [1.29, 1.82) is 10.5 Å². The lowest BCUT2D eigenvalue weighted by molar-refractivity contribution is 0.0755. The van der Waals surface area contributed by atoms with Crippen molar-refractivity contribution in [2.24, 2.45) is 0 Å². The number of hydrogen-bond donors (Lipinski definition) is 0. The number of nitrogens with zero attached hydrogens (tertiary/aromatic N) is 4. The lowest BCUT2D eigenvalue weighted by Crippen LogP contribution is -2.25. The number of hydrogen-bond acceptors (Lipinski definition) is 6. The summed E-state index contributed by atoms with van der Waals surface area (Å²) in [4.78, 5) is 8.25. The molecule has 240 valence electrons. The lowest BCUT2D eigenvalue weighted by atomic mass is 9.87. The van der Waals surface area contributed by atoms with Crippen LogP contribution in [0, 0.1) is 29.2 Å². The normalized spacial score (nSPS) is 15.9. The fourth-order valence-electron chi connectivity index (χ4n) is 5.44. The largest absolute Gasteiger partial charge is 0.490 e. The highest BCUT2D eigenvalue weighted by Gasteiger charge is 2.43. The highest BCUT2D eigenvalue weighted by molar-refractivity contribution is 7.13. The zero-order valence-corrected chi connectivity index (χ0v) is 28.7. The zero-order chi connectivity index (χ0) is 33.8. The molecule has 1 unspecified atom stereocenters.